The van der Waals surface area contributed by atoms with Gasteiger partial charge in [0.2, 0.25) is 5.49 Å². The number of hydrogen-bond acceptors (Lipinski definition) is 5. The van der Waals surface area contributed by atoms with Crippen LogP contribution < -0.4 is 27.0 Å². The van der Waals surface area contributed by atoms with Gasteiger partial charge < -0.3 is 21.5 Å². The molecule has 9 nitrogen and oxygen atoms in total. The second kappa shape index (κ2) is 11.1. The third kappa shape index (κ3) is 5.59. The minimum Gasteiger partial charge on any atom is -1.00 e. The molecule has 0 bridgehead atoms. The molecule has 0 amide bonds. The average Bonchev–Trinajstić information content (AvgIpc) is 2.82. The fourth-order valence-electron chi connectivity index (χ4n) is 3.53. The first-order valence-electron chi connectivity index (χ1n) is 10.2. The number of nitro groups is 2. The van der Waals surface area contributed by atoms with Crippen LogP contribution in [0.4, 0.5) is 17.2 Å². The van der Waals surface area contributed by atoms with E-state index in [0.717, 1.165) is 0 Å². The third-order valence-corrected chi connectivity index (χ3v) is 5.12. The Morgan fingerprint density at radius 1 is 0.765 bits per heavy atom. The molecule has 2 aromatic carbocycles. The van der Waals surface area contributed by atoms with E-state index in [2.05, 4.69) is 0 Å². The van der Waals surface area contributed by atoms with Crippen LogP contribution in [0.3, 0.4) is 0 Å². The molecule has 10 heteroatoms. The van der Waals surface area contributed by atoms with Gasteiger partial charge in [0.1, 0.15) is 6.54 Å². The van der Waals surface area contributed by atoms with E-state index in [9.17, 15) is 20.2 Å². The number of pyridine rings is 2. The first-order valence-corrected chi connectivity index (χ1v) is 10.2. The van der Waals surface area contributed by atoms with Crippen LogP contribution in [0.15, 0.2) is 102 Å². The second-order valence-electron chi connectivity index (χ2n) is 7.26. The highest BCUT2D eigenvalue weighted by Gasteiger charge is 2.18. The fraction of sp³-hybridized carbons (Fsp3) is 0.0833. The standard InChI is InChI=1S/C24H20N5O4.BrH/c30-28(31)21-11-3-1-9-19(21)17-26-15-7-5-13-23(26)25-24-14-6-8-16-27(24)18-20-10-2-4-12-22(20)29(32)33;/h1-16H,17-18H2;1H/q+1;/p-1. The summed E-state index contributed by atoms with van der Waals surface area (Å²) in [7, 11) is 0. The number of rotatable bonds is 7. The van der Waals surface area contributed by atoms with Crippen LogP contribution >= 0.6 is 0 Å². The first-order chi connectivity index (χ1) is 16.0. The Balaban J connectivity index is 0.00000324. The molecular weight excluding hydrogens is 502 g/mol. The lowest BCUT2D eigenvalue weighted by Crippen LogP contribution is -3.00. The normalized spacial score (nSPS) is 11.0. The van der Waals surface area contributed by atoms with Crippen molar-refractivity contribution in [1.29, 1.82) is 0 Å². The molecule has 172 valence electrons. The number of nitro benzene ring substituents is 2. The van der Waals surface area contributed by atoms with Crippen molar-refractivity contribution in [2.75, 3.05) is 0 Å². The van der Waals surface area contributed by atoms with Crippen molar-refractivity contribution in [1.82, 2.24) is 4.57 Å². The molecule has 0 fully saturated rings. The van der Waals surface area contributed by atoms with E-state index in [-0.39, 0.29) is 41.4 Å². The predicted molar refractivity (Wildman–Crippen MR) is 121 cm³/mol. The molecular formula is C24H20BrN5O4. The van der Waals surface area contributed by atoms with Gasteiger partial charge in [-0.05, 0) is 23.2 Å². The lowest BCUT2D eigenvalue weighted by molar-refractivity contribution is -0.676. The van der Waals surface area contributed by atoms with E-state index >= 15 is 0 Å². The van der Waals surface area contributed by atoms with E-state index in [1.807, 2.05) is 57.9 Å². The van der Waals surface area contributed by atoms with Crippen molar-refractivity contribution in [3.8, 4) is 0 Å². The Bertz CT molecular complexity index is 1400. The molecule has 0 atom stereocenters. The lowest BCUT2D eigenvalue weighted by atomic mass is 10.2. The zero-order chi connectivity index (χ0) is 23.2. The molecule has 4 rings (SSSR count). The Hall–Kier alpha value is -4.18. The zero-order valence-electron chi connectivity index (χ0n) is 17.9. The summed E-state index contributed by atoms with van der Waals surface area (Å²) in [4.78, 5) is 26.8. The van der Waals surface area contributed by atoms with Crippen LogP contribution in [-0.2, 0) is 13.1 Å². The van der Waals surface area contributed by atoms with Crippen LogP contribution in [0, 0.1) is 20.2 Å². The Morgan fingerprint density at radius 2 is 1.35 bits per heavy atom. The number of aromatic nitrogens is 2. The SMILES string of the molecule is O=[N+]([O-])c1ccccc1Cn1cccc/c1=N\c1cccc[n+]1Cc1ccccc1[N+](=O)[O-].[Br-]. The summed E-state index contributed by atoms with van der Waals surface area (Å²) in [5.41, 5.74) is 1.82. The summed E-state index contributed by atoms with van der Waals surface area (Å²) >= 11 is 0. The Labute approximate surface area is 205 Å². The highest BCUT2D eigenvalue weighted by molar-refractivity contribution is 5.40. The van der Waals surface area contributed by atoms with Gasteiger partial charge >= 0.3 is 5.82 Å². The summed E-state index contributed by atoms with van der Waals surface area (Å²) < 4.78 is 3.65. The first kappa shape index (κ1) is 24.5. The Kier molecular flexibility index (Phi) is 7.99. The second-order valence-corrected chi connectivity index (χ2v) is 7.26. The summed E-state index contributed by atoms with van der Waals surface area (Å²) in [6, 6.07) is 24.2. The summed E-state index contributed by atoms with van der Waals surface area (Å²) in [6.45, 7) is 0.543. The smallest absolute Gasteiger partial charge is 0.325 e. The molecule has 0 saturated heterocycles. The molecule has 0 spiro atoms. The monoisotopic (exact) mass is 521 g/mol. The molecule has 0 aliphatic rings. The van der Waals surface area contributed by atoms with Gasteiger partial charge in [-0.25, -0.2) is 4.57 Å². The van der Waals surface area contributed by atoms with E-state index in [4.69, 9.17) is 4.99 Å². The van der Waals surface area contributed by atoms with E-state index in [1.165, 1.54) is 12.1 Å². The Morgan fingerprint density at radius 3 is 2.06 bits per heavy atom. The molecule has 2 heterocycles. The largest absolute Gasteiger partial charge is 1.00 e. The van der Waals surface area contributed by atoms with Crippen LogP contribution in [0.1, 0.15) is 11.1 Å². The number of benzene rings is 2. The van der Waals surface area contributed by atoms with Gasteiger partial charge in [0.15, 0.2) is 0 Å². The van der Waals surface area contributed by atoms with Gasteiger partial charge in [-0.2, -0.15) is 0 Å². The minimum absolute atomic E-state index is 0. The molecule has 0 N–H and O–H groups in total. The number of hydrogen-bond donors (Lipinski definition) is 0. The fourth-order valence-corrected chi connectivity index (χ4v) is 3.53. The van der Waals surface area contributed by atoms with Gasteiger partial charge in [-0.15, -0.1) is 0 Å². The summed E-state index contributed by atoms with van der Waals surface area (Å²) in [5, 5.41) is 22.8. The number of nitrogens with zero attached hydrogens (tertiary/aromatic N) is 5. The lowest BCUT2D eigenvalue weighted by Gasteiger charge is -2.07. The third-order valence-electron chi connectivity index (χ3n) is 5.12. The number of halogens is 1. The van der Waals surface area contributed by atoms with Gasteiger partial charge in [0, 0.05) is 36.0 Å². The number of para-hydroxylation sites is 2. The minimum atomic E-state index is -0.395. The molecule has 0 unspecified atom stereocenters. The maximum atomic E-state index is 11.4. The van der Waals surface area contributed by atoms with Crippen molar-refractivity contribution < 1.29 is 31.4 Å². The van der Waals surface area contributed by atoms with Crippen LogP contribution in [0.5, 0.6) is 0 Å². The van der Waals surface area contributed by atoms with Gasteiger partial charge in [-0.3, -0.25) is 20.2 Å². The molecule has 2 aromatic heterocycles. The summed E-state index contributed by atoms with van der Waals surface area (Å²) in [6.07, 6.45) is 3.62. The maximum absolute atomic E-state index is 11.4. The average molecular weight is 522 g/mol. The van der Waals surface area contributed by atoms with E-state index < -0.39 is 9.85 Å². The van der Waals surface area contributed by atoms with Crippen molar-refractivity contribution in [2.24, 2.45) is 4.99 Å². The molecule has 0 saturated carbocycles. The van der Waals surface area contributed by atoms with Crippen molar-refractivity contribution in [2.45, 2.75) is 13.1 Å². The highest BCUT2D eigenvalue weighted by Crippen LogP contribution is 2.19. The topological polar surface area (TPSA) is 107 Å². The van der Waals surface area contributed by atoms with Crippen LogP contribution in [0.25, 0.3) is 0 Å². The molecule has 4 aromatic rings. The van der Waals surface area contributed by atoms with Gasteiger partial charge in [0.25, 0.3) is 11.4 Å². The molecule has 0 radical (unpaired) electrons. The van der Waals surface area contributed by atoms with E-state index in [0.29, 0.717) is 22.4 Å². The van der Waals surface area contributed by atoms with Gasteiger partial charge in [-0.1, -0.05) is 42.5 Å². The molecule has 0 aliphatic carbocycles. The highest BCUT2D eigenvalue weighted by atomic mass is 79.9. The quantitative estimate of drug-likeness (QED) is 0.205. The molecule has 34 heavy (non-hydrogen) atoms. The van der Waals surface area contributed by atoms with Crippen LogP contribution in [0.2, 0.25) is 0 Å². The van der Waals surface area contributed by atoms with Gasteiger partial charge in [0.05, 0.1) is 28.2 Å². The van der Waals surface area contributed by atoms with E-state index in [1.54, 1.807) is 36.4 Å². The van der Waals surface area contributed by atoms with Crippen molar-refractivity contribution >= 4 is 17.2 Å². The molecule has 0 aliphatic heterocycles. The zero-order valence-corrected chi connectivity index (χ0v) is 19.5. The summed E-state index contributed by atoms with van der Waals surface area (Å²) in [5.74, 6) is 0.596. The van der Waals surface area contributed by atoms with Crippen molar-refractivity contribution in [3.05, 3.63) is 134 Å². The maximum Gasteiger partial charge on any atom is 0.325 e. The van der Waals surface area contributed by atoms with Crippen molar-refractivity contribution in [3.63, 3.8) is 0 Å². The van der Waals surface area contributed by atoms with Crippen LogP contribution in [-0.4, -0.2) is 14.4 Å². The predicted octanol–water partition coefficient (Wildman–Crippen LogP) is 0.925.